The number of carboxylic acid groups (broad SMARTS) is 1. The van der Waals surface area contributed by atoms with Crippen molar-refractivity contribution in [2.45, 2.75) is 0 Å². The molecule has 21 heavy (non-hydrogen) atoms. The van der Waals surface area contributed by atoms with E-state index < -0.39 is 5.97 Å². The van der Waals surface area contributed by atoms with Crippen LogP contribution in [0.1, 0.15) is 10.4 Å². The molecule has 0 radical (unpaired) electrons. The van der Waals surface area contributed by atoms with Crippen molar-refractivity contribution in [3.8, 4) is 22.8 Å². The van der Waals surface area contributed by atoms with Crippen molar-refractivity contribution in [3.63, 3.8) is 0 Å². The van der Waals surface area contributed by atoms with E-state index >= 15 is 0 Å². The van der Waals surface area contributed by atoms with Crippen LogP contribution in [-0.4, -0.2) is 26.3 Å². The van der Waals surface area contributed by atoms with Crippen molar-refractivity contribution in [3.05, 3.63) is 59.9 Å². The van der Waals surface area contributed by atoms with E-state index in [2.05, 4.69) is 15.2 Å². The van der Waals surface area contributed by atoms with E-state index in [1.807, 2.05) is 0 Å². The van der Waals surface area contributed by atoms with Crippen molar-refractivity contribution in [1.82, 2.24) is 15.2 Å². The third-order valence-electron chi connectivity index (χ3n) is 2.95. The van der Waals surface area contributed by atoms with Gasteiger partial charge >= 0.3 is 5.97 Å². The van der Waals surface area contributed by atoms with Gasteiger partial charge < -0.3 is 5.11 Å². The molecule has 5 nitrogen and oxygen atoms in total. The van der Waals surface area contributed by atoms with E-state index in [0.29, 0.717) is 22.8 Å². The summed E-state index contributed by atoms with van der Waals surface area (Å²) in [5, 5.41) is 15.7. The summed E-state index contributed by atoms with van der Waals surface area (Å²) in [6, 6.07) is 12.3. The fourth-order valence-corrected chi connectivity index (χ4v) is 1.95. The normalized spacial score (nSPS) is 10.5. The molecule has 0 saturated carbocycles. The second-order valence-electron chi connectivity index (χ2n) is 4.40. The number of rotatable bonds is 3. The molecule has 0 aliphatic rings. The molecule has 3 aromatic rings. The molecule has 0 fully saturated rings. The first-order valence-electron chi connectivity index (χ1n) is 6.15. The maximum Gasteiger partial charge on any atom is 0.335 e. The highest BCUT2D eigenvalue weighted by molar-refractivity contribution is 5.89. The molecule has 6 heteroatoms. The summed E-state index contributed by atoms with van der Waals surface area (Å²) in [6.07, 6.45) is 0. The van der Waals surface area contributed by atoms with Gasteiger partial charge in [0.05, 0.1) is 5.56 Å². The molecule has 0 amide bonds. The molecule has 0 saturated heterocycles. The number of halogens is 1. The number of hydrogen-bond donors (Lipinski definition) is 2. The van der Waals surface area contributed by atoms with Gasteiger partial charge in [0.1, 0.15) is 5.82 Å². The molecule has 0 bridgehead atoms. The van der Waals surface area contributed by atoms with E-state index in [1.54, 1.807) is 24.3 Å². The van der Waals surface area contributed by atoms with Gasteiger partial charge in [-0.2, -0.15) is 5.10 Å². The van der Waals surface area contributed by atoms with Crippen LogP contribution >= 0.6 is 0 Å². The van der Waals surface area contributed by atoms with Crippen molar-refractivity contribution in [1.29, 1.82) is 0 Å². The van der Waals surface area contributed by atoms with Gasteiger partial charge in [0, 0.05) is 11.1 Å². The minimum Gasteiger partial charge on any atom is -0.478 e. The van der Waals surface area contributed by atoms with Crippen LogP contribution in [0.3, 0.4) is 0 Å². The van der Waals surface area contributed by atoms with Gasteiger partial charge in [-0.25, -0.2) is 14.2 Å². The quantitative estimate of drug-likeness (QED) is 0.774. The predicted molar refractivity (Wildman–Crippen MR) is 74.2 cm³/mol. The summed E-state index contributed by atoms with van der Waals surface area (Å²) < 4.78 is 13.2. The lowest BCUT2D eigenvalue weighted by Crippen LogP contribution is -1.96. The maximum atomic E-state index is 13.2. The van der Waals surface area contributed by atoms with Crippen LogP contribution in [0.25, 0.3) is 22.8 Å². The largest absolute Gasteiger partial charge is 0.478 e. The predicted octanol–water partition coefficient (Wildman–Crippen LogP) is 2.98. The number of carboxylic acids is 1. The standard InChI is InChI=1S/C15H10FN3O2/c16-12-6-2-4-10(8-12)14-17-13(18-19-14)9-3-1-5-11(7-9)15(20)21/h1-8H,(H,20,21)(H,17,18,19). The number of H-pyrrole nitrogens is 1. The Hall–Kier alpha value is -3.02. The van der Waals surface area contributed by atoms with E-state index in [-0.39, 0.29) is 11.4 Å². The lowest BCUT2D eigenvalue weighted by Gasteiger charge is -1.98. The van der Waals surface area contributed by atoms with Gasteiger partial charge in [-0.05, 0) is 24.3 Å². The molecule has 0 atom stereocenters. The molecule has 2 N–H and O–H groups in total. The maximum absolute atomic E-state index is 13.2. The van der Waals surface area contributed by atoms with Crippen LogP contribution < -0.4 is 0 Å². The zero-order chi connectivity index (χ0) is 14.8. The van der Waals surface area contributed by atoms with Crippen molar-refractivity contribution >= 4 is 5.97 Å². The van der Waals surface area contributed by atoms with E-state index in [9.17, 15) is 9.18 Å². The van der Waals surface area contributed by atoms with Crippen LogP contribution in [0.5, 0.6) is 0 Å². The topological polar surface area (TPSA) is 78.9 Å². The van der Waals surface area contributed by atoms with Gasteiger partial charge in [-0.15, -0.1) is 0 Å². The van der Waals surface area contributed by atoms with Gasteiger partial charge in [0.2, 0.25) is 0 Å². The Morgan fingerprint density at radius 2 is 1.86 bits per heavy atom. The zero-order valence-electron chi connectivity index (χ0n) is 10.7. The molecule has 1 aromatic heterocycles. The van der Waals surface area contributed by atoms with Gasteiger partial charge in [-0.1, -0.05) is 24.3 Å². The second-order valence-corrected chi connectivity index (χ2v) is 4.40. The minimum atomic E-state index is -1.01. The lowest BCUT2D eigenvalue weighted by atomic mass is 10.1. The number of hydrogen-bond acceptors (Lipinski definition) is 3. The molecule has 2 aromatic carbocycles. The smallest absolute Gasteiger partial charge is 0.335 e. The molecular formula is C15H10FN3O2. The Kier molecular flexibility index (Phi) is 3.19. The van der Waals surface area contributed by atoms with Crippen LogP contribution in [0.2, 0.25) is 0 Å². The number of nitrogens with zero attached hydrogens (tertiary/aromatic N) is 2. The number of nitrogens with one attached hydrogen (secondary N) is 1. The highest BCUT2D eigenvalue weighted by atomic mass is 19.1. The van der Waals surface area contributed by atoms with E-state index in [1.165, 1.54) is 24.3 Å². The van der Waals surface area contributed by atoms with Crippen LogP contribution in [0.4, 0.5) is 4.39 Å². The number of aromatic carboxylic acids is 1. The minimum absolute atomic E-state index is 0.163. The summed E-state index contributed by atoms with van der Waals surface area (Å²) in [5.74, 6) is -0.601. The van der Waals surface area contributed by atoms with Crippen molar-refractivity contribution < 1.29 is 14.3 Å². The number of aromatic amines is 1. The molecule has 104 valence electrons. The summed E-state index contributed by atoms with van der Waals surface area (Å²) in [5.41, 5.74) is 1.31. The fraction of sp³-hybridized carbons (Fsp3) is 0. The summed E-state index contributed by atoms with van der Waals surface area (Å²) >= 11 is 0. The first kappa shape index (κ1) is 13.0. The second kappa shape index (κ2) is 5.16. The van der Waals surface area contributed by atoms with Gasteiger partial charge in [-0.3, -0.25) is 5.10 Å². The molecule has 0 unspecified atom stereocenters. The van der Waals surface area contributed by atoms with Crippen LogP contribution in [0, 0.1) is 5.82 Å². The first-order valence-corrected chi connectivity index (χ1v) is 6.15. The molecule has 1 heterocycles. The number of carbonyl (C=O) groups is 1. The Balaban J connectivity index is 1.98. The molecule has 3 rings (SSSR count). The molecule has 0 spiro atoms. The Morgan fingerprint density at radius 3 is 2.62 bits per heavy atom. The first-order chi connectivity index (χ1) is 10.1. The van der Waals surface area contributed by atoms with Crippen LogP contribution in [-0.2, 0) is 0 Å². The Bertz CT molecular complexity index is 814. The Morgan fingerprint density at radius 1 is 1.10 bits per heavy atom. The summed E-state index contributed by atoms with van der Waals surface area (Å²) in [7, 11) is 0. The monoisotopic (exact) mass is 283 g/mol. The number of benzene rings is 2. The Labute approximate surface area is 119 Å². The summed E-state index contributed by atoms with van der Waals surface area (Å²) in [6.45, 7) is 0. The van der Waals surface area contributed by atoms with E-state index in [4.69, 9.17) is 5.11 Å². The van der Waals surface area contributed by atoms with Gasteiger partial charge in [0.15, 0.2) is 11.6 Å². The fourth-order valence-electron chi connectivity index (χ4n) is 1.95. The number of aromatic nitrogens is 3. The summed E-state index contributed by atoms with van der Waals surface area (Å²) in [4.78, 5) is 15.2. The average Bonchev–Trinajstić information content (AvgIpc) is 2.97. The SMILES string of the molecule is O=C(O)c1cccc(-c2nc(-c3cccc(F)c3)n[nH]2)c1. The van der Waals surface area contributed by atoms with Crippen molar-refractivity contribution in [2.75, 3.05) is 0 Å². The highest BCUT2D eigenvalue weighted by Crippen LogP contribution is 2.21. The van der Waals surface area contributed by atoms with Crippen LogP contribution in [0.15, 0.2) is 48.5 Å². The average molecular weight is 283 g/mol. The van der Waals surface area contributed by atoms with Crippen molar-refractivity contribution in [2.24, 2.45) is 0 Å². The van der Waals surface area contributed by atoms with Gasteiger partial charge in [0.25, 0.3) is 0 Å². The highest BCUT2D eigenvalue weighted by Gasteiger charge is 2.10. The third kappa shape index (κ3) is 2.64. The lowest BCUT2D eigenvalue weighted by molar-refractivity contribution is 0.0697. The van der Waals surface area contributed by atoms with E-state index in [0.717, 1.165) is 0 Å². The third-order valence-corrected chi connectivity index (χ3v) is 2.95. The molecule has 0 aliphatic heterocycles. The molecule has 0 aliphatic carbocycles. The molecular weight excluding hydrogens is 273 g/mol. The zero-order valence-corrected chi connectivity index (χ0v) is 10.7.